The fraction of sp³-hybridized carbons (Fsp3) is 0.474. The summed E-state index contributed by atoms with van der Waals surface area (Å²) in [5, 5.41) is 14.0. The van der Waals surface area contributed by atoms with Crippen molar-refractivity contribution in [2.24, 2.45) is 0 Å². The number of nitrogens with zero attached hydrogens (tertiary/aromatic N) is 5. The van der Waals surface area contributed by atoms with Crippen LogP contribution in [0.1, 0.15) is 55.4 Å². The number of hydrogen-bond acceptors (Lipinski definition) is 5. The van der Waals surface area contributed by atoms with E-state index >= 15 is 0 Å². The number of fused-ring (bicyclic) bond motifs is 1. The summed E-state index contributed by atoms with van der Waals surface area (Å²) < 4.78 is 1.87. The van der Waals surface area contributed by atoms with Crippen LogP contribution in [0.4, 0.5) is 0 Å². The number of carbonyl (C=O) groups excluding carboxylic acids is 1. The molecule has 6 nitrogen and oxygen atoms in total. The van der Waals surface area contributed by atoms with Gasteiger partial charge in [-0.25, -0.2) is 0 Å². The first-order valence-electron chi connectivity index (χ1n) is 9.16. The van der Waals surface area contributed by atoms with Crippen molar-refractivity contribution < 1.29 is 4.79 Å². The normalized spacial score (nSPS) is 14.3. The van der Waals surface area contributed by atoms with Gasteiger partial charge >= 0.3 is 0 Å². The van der Waals surface area contributed by atoms with E-state index < -0.39 is 0 Å². The number of hydrogen-bond donors (Lipinski definition) is 0. The largest absolute Gasteiger partial charge is 0.336 e. The molecule has 7 heteroatoms. The van der Waals surface area contributed by atoms with E-state index in [-0.39, 0.29) is 11.9 Å². The summed E-state index contributed by atoms with van der Waals surface area (Å²) >= 11 is 1.54. The van der Waals surface area contributed by atoms with E-state index in [2.05, 4.69) is 41.3 Å². The van der Waals surface area contributed by atoms with Crippen molar-refractivity contribution in [2.45, 2.75) is 58.0 Å². The van der Waals surface area contributed by atoms with Gasteiger partial charge in [-0.05, 0) is 32.3 Å². The monoisotopic (exact) mass is 369 g/mol. The van der Waals surface area contributed by atoms with Crippen LogP contribution in [0, 0.1) is 0 Å². The van der Waals surface area contributed by atoms with Crippen LogP contribution in [0.2, 0.25) is 0 Å². The van der Waals surface area contributed by atoms with Gasteiger partial charge in [0.05, 0.1) is 0 Å². The number of benzene rings is 1. The Labute approximate surface area is 156 Å². The second-order valence-electron chi connectivity index (χ2n) is 7.12. The highest BCUT2D eigenvalue weighted by Crippen LogP contribution is 2.39. The van der Waals surface area contributed by atoms with Crippen molar-refractivity contribution in [3.05, 3.63) is 46.7 Å². The van der Waals surface area contributed by atoms with E-state index in [0.717, 1.165) is 21.4 Å². The van der Waals surface area contributed by atoms with Gasteiger partial charge in [0.15, 0.2) is 5.82 Å². The Balaban J connectivity index is 1.41. The van der Waals surface area contributed by atoms with Gasteiger partial charge in [0.1, 0.15) is 5.01 Å². The fourth-order valence-corrected chi connectivity index (χ4v) is 3.90. The summed E-state index contributed by atoms with van der Waals surface area (Å²) in [6.07, 6.45) is 3.47. The smallest absolute Gasteiger partial charge is 0.234 e. The molecule has 0 saturated heterocycles. The summed E-state index contributed by atoms with van der Waals surface area (Å²) in [5.74, 6) is 1.66. The molecular formula is C19H23N5OS. The number of aryl methyl sites for hydroxylation is 1. The Bertz CT molecular complexity index is 897. The highest BCUT2D eigenvalue weighted by atomic mass is 32.1. The van der Waals surface area contributed by atoms with Crippen molar-refractivity contribution >= 4 is 22.2 Å². The van der Waals surface area contributed by atoms with Gasteiger partial charge in [-0.3, -0.25) is 4.79 Å². The molecule has 0 spiro atoms. The minimum Gasteiger partial charge on any atom is -0.336 e. The van der Waals surface area contributed by atoms with Crippen molar-refractivity contribution in [3.8, 4) is 0 Å². The first kappa shape index (κ1) is 17.1. The minimum absolute atomic E-state index is 0.164. The molecule has 1 amide bonds. The van der Waals surface area contributed by atoms with Crippen LogP contribution in [0.5, 0.6) is 0 Å². The lowest BCUT2D eigenvalue weighted by Gasteiger charge is -2.27. The third-order valence-corrected chi connectivity index (χ3v) is 5.65. The highest BCUT2D eigenvalue weighted by Gasteiger charge is 2.30. The second-order valence-corrected chi connectivity index (χ2v) is 8.16. The molecule has 1 aromatic carbocycles. The molecule has 1 fully saturated rings. The SMILES string of the molecule is CC(C)N(Cc1ccccc1)C(=O)CCc1nn2c(C3CC3)nnc2s1. The Morgan fingerprint density at radius 2 is 2.04 bits per heavy atom. The topological polar surface area (TPSA) is 63.4 Å². The number of aromatic nitrogens is 4. The van der Waals surface area contributed by atoms with Gasteiger partial charge in [-0.15, -0.1) is 10.2 Å². The van der Waals surface area contributed by atoms with Crippen LogP contribution in [-0.4, -0.2) is 36.7 Å². The number of amides is 1. The average molecular weight is 369 g/mol. The lowest BCUT2D eigenvalue weighted by Crippen LogP contribution is -2.36. The van der Waals surface area contributed by atoms with Crippen LogP contribution in [-0.2, 0) is 17.8 Å². The molecule has 4 rings (SSSR count). The van der Waals surface area contributed by atoms with E-state index in [1.54, 1.807) is 0 Å². The molecule has 1 saturated carbocycles. The van der Waals surface area contributed by atoms with Crippen molar-refractivity contribution in [3.63, 3.8) is 0 Å². The molecule has 0 unspecified atom stereocenters. The minimum atomic E-state index is 0.164. The van der Waals surface area contributed by atoms with E-state index in [1.807, 2.05) is 27.6 Å². The second kappa shape index (κ2) is 7.15. The number of carbonyl (C=O) groups is 1. The van der Waals surface area contributed by atoms with Crippen molar-refractivity contribution in [1.29, 1.82) is 0 Å². The third-order valence-electron chi connectivity index (χ3n) is 4.69. The molecule has 136 valence electrons. The standard InChI is InChI=1S/C19H23N5OS/c1-13(2)23(12-14-6-4-3-5-7-14)17(25)11-10-16-22-24-18(15-8-9-15)20-21-19(24)26-16/h3-7,13,15H,8-12H2,1-2H3. The summed E-state index contributed by atoms with van der Waals surface area (Å²) in [7, 11) is 0. The maximum absolute atomic E-state index is 12.8. The van der Waals surface area contributed by atoms with Gasteiger partial charge < -0.3 is 4.90 Å². The Kier molecular flexibility index (Phi) is 4.72. The van der Waals surface area contributed by atoms with Gasteiger partial charge in [0.2, 0.25) is 10.9 Å². The zero-order valence-corrected chi connectivity index (χ0v) is 15.9. The van der Waals surface area contributed by atoms with Gasteiger partial charge in [0.25, 0.3) is 0 Å². The predicted molar refractivity (Wildman–Crippen MR) is 101 cm³/mol. The first-order valence-corrected chi connectivity index (χ1v) is 9.98. The van der Waals surface area contributed by atoms with E-state index in [1.165, 1.54) is 24.2 Å². The van der Waals surface area contributed by atoms with Crippen LogP contribution < -0.4 is 0 Å². The molecule has 0 atom stereocenters. The quantitative estimate of drug-likeness (QED) is 0.640. The van der Waals surface area contributed by atoms with E-state index in [0.29, 0.717) is 25.3 Å². The first-order chi connectivity index (χ1) is 12.6. The average Bonchev–Trinajstić information content (AvgIpc) is 3.27. The molecule has 26 heavy (non-hydrogen) atoms. The summed E-state index contributed by atoms with van der Waals surface area (Å²) in [5.41, 5.74) is 1.16. The van der Waals surface area contributed by atoms with Gasteiger partial charge in [-0.2, -0.15) is 9.61 Å². The molecule has 1 aliphatic rings. The molecule has 0 aliphatic heterocycles. The molecule has 2 aromatic heterocycles. The molecule has 2 heterocycles. The van der Waals surface area contributed by atoms with Gasteiger partial charge in [0, 0.05) is 31.3 Å². The summed E-state index contributed by atoms with van der Waals surface area (Å²) in [4.78, 5) is 15.5. The lowest BCUT2D eigenvalue weighted by molar-refractivity contribution is -0.133. The van der Waals surface area contributed by atoms with Crippen LogP contribution in [0.15, 0.2) is 30.3 Å². The van der Waals surface area contributed by atoms with E-state index in [9.17, 15) is 4.79 Å². The fourth-order valence-electron chi connectivity index (χ4n) is 3.07. The molecule has 3 aromatic rings. The number of rotatable bonds is 7. The Morgan fingerprint density at radius 1 is 1.27 bits per heavy atom. The summed E-state index contributed by atoms with van der Waals surface area (Å²) in [6, 6.07) is 10.3. The Morgan fingerprint density at radius 3 is 2.73 bits per heavy atom. The van der Waals surface area contributed by atoms with Crippen molar-refractivity contribution in [2.75, 3.05) is 0 Å². The molecular weight excluding hydrogens is 346 g/mol. The maximum Gasteiger partial charge on any atom is 0.234 e. The zero-order valence-electron chi connectivity index (χ0n) is 15.1. The van der Waals surface area contributed by atoms with E-state index in [4.69, 9.17) is 0 Å². The van der Waals surface area contributed by atoms with Crippen LogP contribution in [0.3, 0.4) is 0 Å². The molecule has 1 aliphatic carbocycles. The Hall–Kier alpha value is -2.28. The zero-order chi connectivity index (χ0) is 18.1. The third kappa shape index (κ3) is 3.62. The van der Waals surface area contributed by atoms with Crippen LogP contribution >= 0.6 is 11.3 Å². The molecule has 0 radical (unpaired) electrons. The maximum atomic E-state index is 12.8. The lowest BCUT2D eigenvalue weighted by atomic mass is 10.1. The van der Waals surface area contributed by atoms with Crippen LogP contribution in [0.25, 0.3) is 4.96 Å². The molecule has 0 bridgehead atoms. The van der Waals surface area contributed by atoms with Gasteiger partial charge in [-0.1, -0.05) is 41.7 Å². The summed E-state index contributed by atoms with van der Waals surface area (Å²) in [6.45, 7) is 4.77. The van der Waals surface area contributed by atoms with Crippen molar-refractivity contribution in [1.82, 2.24) is 24.7 Å². The predicted octanol–water partition coefficient (Wildman–Crippen LogP) is 3.43. The highest BCUT2D eigenvalue weighted by molar-refractivity contribution is 7.16. The molecule has 0 N–H and O–H groups in total.